The number of sulfonamides is 1. The molecule has 5 nitrogen and oxygen atoms in total. The molecule has 0 radical (unpaired) electrons. The maximum atomic E-state index is 11.6. The van der Waals surface area contributed by atoms with Gasteiger partial charge in [0.05, 0.1) is 11.9 Å². The summed E-state index contributed by atoms with van der Waals surface area (Å²) in [5.74, 6) is 0.315. The van der Waals surface area contributed by atoms with Gasteiger partial charge in [0.1, 0.15) is 0 Å². The summed E-state index contributed by atoms with van der Waals surface area (Å²) in [6, 6.07) is 3.66. The van der Waals surface area contributed by atoms with Crippen molar-refractivity contribution in [1.82, 2.24) is 8.87 Å². The predicted octanol–water partition coefficient (Wildman–Crippen LogP) is 1.36. The van der Waals surface area contributed by atoms with Gasteiger partial charge >= 0.3 is 0 Å². The molecule has 1 aliphatic heterocycles. The predicted molar refractivity (Wildman–Crippen MR) is 73.6 cm³/mol. The van der Waals surface area contributed by atoms with Crippen LogP contribution in [-0.4, -0.2) is 42.4 Å². The fourth-order valence-electron chi connectivity index (χ4n) is 2.65. The molecule has 2 rings (SSSR count). The van der Waals surface area contributed by atoms with E-state index in [4.69, 9.17) is 0 Å². The normalized spacial score (nSPS) is 21.5. The van der Waals surface area contributed by atoms with Crippen LogP contribution in [-0.2, 0) is 16.6 Å². The van der Waals surface area contributed by atoms with E-state index in [1.807, 2.05) is 16.8 Å². The van der Waals surface area contributed by atoms with E-state index in [0.717, 1.165) is 12.8 Å². The summed E-state index contributed by atoms with van der Waals surface area (Å²) >= 11 is 0. The highest BCUT2D eigenvalue weighted by molar-refractivity contribution is 7.88. The van der Waals surface area contributed by atoms with Crippen molar-refractivity contribution >= 4 is 15.8 Å². The van der Waals surface area contributed by atoms with Crippen LogP contribution in [0.3, 0.4) is 0 Å². The monoisotopic (exact) mass is 284 g/mol. The average Bonchev–Trinajstić information content (AvgIpc) is 2.76. The number of ketones is 1. The summed E-state index contributed by atoms with van der Waals surface area (Å²) in [5, 5.41) is 0. The Morgan fingerprint density at radius 1 is 1.47 bits per heavy atom. The highest BCUT2D eigenvalue weighted by Gasteiger charge is 2.26. The fourth-order valence-corrected chi connectivity index (χ4v) is 3.59. The summed E-state index contributed by atoms with van der Waals surface area (Å²) in [7, 11) is -3.11. The van der Waals surface area contributed by atoms with Gasteiger partial charge in [-0.25, -0.2) is 12.7 Å². The van der Waals surface area contributed by atoms with Gasteiger partial charge in [-0.05, 0) is 30.9 Å². The Morgan fingerprint density at radius 2 is 2.21 bits per heavy atom. The third-order valence-electron chi connectivity index (χ3n) is 3.60. The Morgan fingerprint density at radius 3 is 2.84 bits per heavy atom. The zero-order valence-electron chi connectivity index (χ0n) is 11.4. The molecule has 1 aliphatic rings. The molecule has 0 aromatic carbocycles. The second-order valence-corrected chi connectivity index (χ2v) is 7.21. The summed E-state index contributed by atoms with van der Waals surface area (Å²) < 4.78 is 26.6. The summed E-state index contributed by atoms with van der Waals surface area (Å²) in [4.78, 5) is 11.5. The van der Waals surface area contributed by atoms with E-state index in [2.05, 4.69) is 0 Å². The maximum Gasteiger partial charge on any atom is 0.211 e. The summed E-state index contributed by atoms with van der Waals surface area (Å²) in [6.45, 7) is 3.42. The van der Waals surface area contributed by atoms with Gasteiger partial charge in [-0.15, -0.1) is 0 Å². The molecule has 1 atom stereocenters. The van der Waals surface area contributed by atoms with Crippen LogP contribution in [0.4, 0.5) is 0 Å². The van der Waals surface area contributed by atoms with Crippen molar-refractivity contribution in [1.29, 1.82) is 0 Å². The van der Waals surface area contributed by atoms with E-state index >= 15 is 0 Å². The van der Waals surface area contributed by atoms with Gasteiger partial charge in [0.25, 0.3) is 0 Å². The first-order valence-corrected chi connectivity index (χ1v) is 8.34. The van der Waals surface area contributed by atoms with Crippen LogP contribution in [0.5, 0.6) is 0 Å². The minimum Gasteiger partial charge on any atom is -0.345 e. The topological polar surface area (TPSA) is 59.4 Å². The molecule has 106 valence electrons. The van der Waals surface area contributed by atoms with Gasteiger partial charge in [0.15, 0.2) is 5.78 Å². The van der Waals surface area contributed by atoms with Crippen molar-refractivity contribution in [3.8, 4) is 0 Å². The Labute approximate surface area is 114 Å². The number of hydrogen-bond donors (Lipinski definition) is 0. The van der Waals surface area contributed by atoms with Crippen LogP contribution in [0.15, 0.2) is 18.3 Å². The van der Waals surface area contributed by atoms with Crippen LogP contribution in [0.2, 0.25) is 0 Å². The molecule has 6 heteroatoms. The summed E-state index contributed by atoms with van der Waals surface area (Å²) in [6.07, 6.45) is 5.03. The number of piperidine rings is 1. The van der Waals surface area contributed by atoms with Gasteiger partial charge in [0.2, 0.25) is 10.0 Å². The van der Waals surface area contributed by atoms with Gasteiger partial charge in [0, 0.05) is 32.8 Å². The third-order valence-corrected chi connectivity index (χ3v) is 4.87. The van der Waals surface area contributed by atoms with Gasteiger partial charge < -0.3 is 4.57 Å². The molecule has 1 aromatic heterocycles. The lowest BCUT2D eigenvalue weighted by molar-refractivity contribution is 0.100. The van der Waals surface area contributed by atoms with Gasteiger partial charge in [-0.2, -0.15) is 0 Å². The molecule has 1 unspecified atom stereocenters. The lowest BCUT2D eigenvalue weighted by Gasteiger charge is -2.31. The minimum absolute atomic E-state index is 0.0424. The fraction of sp³-hybridized carbons (Fsp3) is 0.615. The molecular formula is C13H20N2O3S. The zero-order chi connectivity index (χ0) is 14.0. The first-order chi connectivity index (χ1) is 8.88. The molecule has 19 heavy (non-hydrogen) atoms. The second-order valence-electron chi connectivity index (χ2n) is 5.23. The molecular weight excluding hydrogens is 264 g/mol. The quantitative estimate of drug-likeness (QED) is 0.784. The van der Waals surface area contributed by atoms with Crippen LogP contribution in [0.1, 0.15) is 30.3 Å². The van der Waals surface area contributed by atoms with E-state index in [1.165, 1.54) is 10.6 Å². The lowest BCUT2D eigenvalue weighted by Crippen LogP contribution is -2.40. The first-order valence-electron chi connectivity index (χ1n) is 6.49. The molecule has 0 saturated carbocycles. The SMILES string of the molecule is CC(=O)c1cccn1CC1CCCN(S(C)(=O)=O)C1. The van der Waals surface area contributed by atoms with Crippen molar-refractivity contribution in [3.63, 3.8) is 0 Å². The first kappa shape index (κ1) is 14.3. The molecule has 0 amide bonds. The van der Waals surface area contributed by atoms with E-state index in [9.17, 15) is 13.2 Å². The largest absolute Gasteiger partial charge is 0.345 e. The molecule has 0 N–H and O–H groups in total. The molecule has 0 bridgehead atoms. The Hall–Kier alpha value is -1.14. The second kappa shape index (κ2) is 5.46. The zero-order valence-corrected chi connectivity index (χ0v) is 12.2. The number of carbonyl (C=O) groups is 1. The Balaban J connectivity index is 2.07. The number of carbonyl (C=O) groups excluding carboxylic acids is 1. The molecule has 0 aliphatic carbocycles. The van der Waals surface area contributed by atoms with Crippen molar-refractivity contribution in [3.05, 3.63) is 24.0 Å². The van der Waals surface area contributed by atoms with E-state index < -0.39 is 10.0 Å². The van der Waals surface area contributed by atoms with Crippen molar-refractivity contribution in [2.45, 2.75) is 26.3 Å². The van der Waals surface area contributed by atoms with Crippen molar-refractivity contribution in [2.24, 2.45) is 5.92 Å². The minimum atomic E-state index is -3.11. The number of Topliss-reactive ketones (excluding diaryl/α,β-unsaturated/α-hetero) is 1. The number of rotatable bonds is 4. The smallest absolute Gasteiger partial charge is 0.211 e. The Bertz CT molecular complexity index is 562. The average molecular weight is 284 g/mol. The van der Waals surface area contributed by atoms with E-state index in [-0.39, 0.29) is 11.7 Å². The summed E-state index contributed by atoms with van der Waals surface area (Å²) in [5.41, 5.74) is 0.691. The van der Waals surface area contributed by atoms with E-state index in [1.54, 1.807) is 13.0 Å². The van der Waals surface area contributed by atoms with Crippen molar-refractivity contribution < 1.29 is 13.2 Å². The van der Waals surface area contributed by atoms with Gasteiger partial charge in [-0.3, -0.25) is 4.79 Å². The molecule has 1 saturated heterocycles. The number of nitrogens with zero attached hydrogens (tertiary/aromatic N) is 2. The van der Waals surface area contributed by atoms with E-state index in [0.29, 0.717) is 25.3 Å². The van der Waals surface area contributed by atoms with Crippen LogP contribution < -0.4 is 0 Å². The van der Waals surface area contributed by atoms with Crippen molar-refractivity contribution in [2.75, 3.05) is 19.3 Å². The highest BCUT2D eigenvalue weighted by atomic mass is 32.2. The lowest BCUT2D eigenvalue weighted by atomic mass is 9.99. The van der Waals surface area contributed by atoms with Crippen LogP contribution in [0, 0.1) is 5.92 Å². The molecule has 2 heterocycles. The molecule has 1 fully saturated rings. The number of aromatic nitrogens is 1. The number of hydrogen-bond acceptors (Lipinski definition) is 3. The van der Waals surface area contributed by atoms with Crippen LogP contribution in [0.25, 0.3) is 0 Å². The van der Waals surface area contributed by atoms with Crippen LogP contribution >= 0.6 is 0 Å². The van der Waals surface area contributed by atoms with Gasteiger partial charge in [-0.1, -0.05) is 0 Å². The third kappa shape index (κ3) is 3.45. The Kier molecular flexibility index (Phi) is 4.10. The maximum absolute atomic E-state index is 11.6. The molecule has 0 spiro atoms. The highest BCUT2D eigenvalue weighted by Crippen LogP contribution is 2.21. The molecule has 1 aromatic rings. The standard InChI is InChI=1S/C13H20N2O3S/c1-11(16)13-6-4-7-14(13)9-12-5-3-8-15(10-12)19(2,17)18/h4,6-7,12H,3,5,8-10H2,1-2H3.